The molecule has 1 amide bonds. The van der Waals surface area contributed by atoms with Crippen LogP contribution in [0.4, 0.5) is 10.8 Å². The quantitative estimate of drug-likeness (QED) is 0.307. The first-order valence-electron chi connectivity index (χ1n) is 11.9. The molecule has 0 saturated heterocycles. The van der Waals surface area contributed by atoms with Crippen molar-refractivity contribution >= 4 is 49.7 Å². The lowest BCUT2D eigenvalue weighted by molar-refractivity contribution is -0.116. The third-order valence-corrected chi connectivity index (χ3v) is 9.37. The average Bonchev–Trinajstić information content (AvgIpc) is 3.49. The van der Waals surface area contributed by atoms with Gasteiger partial charge in [0.1, 0.15) is 10.6 Å². The van der Waals surface area contributed by atoms with Crippen LogP contribution in [0.25, 0.3) is 10.4 Å². The van der Waals surface area contributed by atoms with E-state index >= 15 is 0 Å². The molecule has 0 bridgehead atoms. The van der Waals surface area contributed by atoms with E-state index in [1.165, 1.54) is 44.1 Å². The highest BCUT2D eigenvalue weighted by Gasteiger charge is 2.23. The maximum absolute atomic E-state index is 13.3. The summed E-state index contributed by atoms with van der Waals surface area (Å²) in [5, 5.41) is 3.88. The summed E-state index contributed by atoms with van der Waals surface area (Å²) >= 11 is 7.49. The van der Waals surface area contributed by atoms with Crippen molar-refractivity contribution in [3.8, 4) is 16.2 Å². The number of hydrogen-bond acceptors (Lipinski definition) is 6. The standard InChI is InChI=1S/C26H30ClN3O4S2/c1-16-8-11-20(15-21(16)27)30-36(32,33)23-14-19(10-12-22(23)34-3)25-17(2)28-26(35-25)29-24(31)13-9-18-6-4-5-7-18/h8,10-12,14-15,18,30H,4-7,9,13H2,1-3H3,(H,28,29,31). The molecule has 0 atom stereocenters. The third-order valence-electron chi connectivity index (χ3n) is 6.44. The van der Waals surface area contributed by atoms with E-state index in [1.54, 1.807) is 36.4 Å². The first-order chi connectivity index (χ1) is 17.2. The molecule has 0 aliphatic heterocycles. The number of carbonyl (C=O) groups is 1. The topological polar surface area (TPSA) is 97.4 Å². The zero-order valence-electron chi connectivity index (χ0n) is 20.6. The molecule has 1 aromatic heterocycles. The molecular formula is C26H30ClN3O4S2. The van der Waals surface area contributed by atoms with E-state index in [9.17, 15) is 13.2 Å². The van der Waals surface area contributed by atoms with Crippen LogP contribution < -0.4 is 14.8 Å². The summed E-state index contributed by atoms with van der Waals surface area (Å²) in [6, 6.07) is 9.93. The summed E-state index contributed by atoms with van der Waals surface area (Å²) in [5.74, 6) is 0.821. The smallest absolute Gasteiger partial charge is 0.265 e. The van der Waals surface area contributed by atoms with E-state index in [0.717, 1.165) is 16.9 Å². The number of thiazole rings is 1. The molecule has 2 N–H and O–H groups in total. The highest BCUT2D eigenvalue weighted by atomic mass is 35.5. The molecule has 0 radical (unpaired) electrons. The predicted molar refractivity (Wildman–Crippen MR) is 146 cm³/mol. The van der Waals surface area contributed by atoms with Gasteiger partial charge >= 0.3 is 0 Å². The Morgan fingerprint density at radius 3 is 2.61 bits per heavy atom. The lowest BCUT2D eigenvalue weighted by Crippen LogP contribution is -2.14. The molecule has 1 aliphatic carbocycles. The molecule has 1 saturated carbocycles. The van der Waals surface area contributed by atoms with Crippen molar-refractivity contribution in [2.75, 3.05) is 17.1 Å². The van der Waals surface area contributed by atoms with Crippen LogP contribution in [0.15, 0.2) is 41.3 Å². The molecule has 10 heteroatoms. The fourth-order valence-electron chi connectivity index (χ4n) is 4.43. The number of ether oxygens (including phenoxy) is 1. The van der Waals surface area contributed by atoms with Crippen LogP contribution in [0.2, 0.25) is 5.02 Å². The zero-order chi connectivity index (χ0) is 25.9. The van der Waals surface area contributed by atoms with Crippen LogP contribution in [0.1, 0.15) is 49.8 Å². The summed E-state index contributed by atoms with van der Waals surface area (Å²) in [7, 11) is -2.55. The van der Waals surface area contributed by atoms with Crippen LogP contribution in [-0.2, 0) is 14.8 Å². The molecule has 192 valence electrons. The Hall–Kier alpha value is -2.62. The number of rotatable bonds is 9. The Kier molecular flexibility index (Phi) is 8.22. The van der Waals surface area contributed by atoms with Crippen molar-refractivity contribution in [1.82, 2.24) is 4.98 Å². The summed E-state index contributed by atoms with van der Waals surface area (Å²) in [5.41, 5.74) is 2.58. The van der Waals surface area contributed by atoms with Crippen molar-refractivity contribution in [2.24, 2.45) is 5.92 Å². The van der Waals surface area contributed by atoms with Gasteiger partial charge in [-0.15, -0.1) is 0 Å². The van der Waals surface area contributed by atoms with Crippen molar-refractivity contribution in [3.63, 3.8) is 0 Å². The lowest BCUT2D eigenvalue weighted by atomic mass is 10.0. The van der Waals surface area contributed by atoms with Crippen LogP contribution in [-0.4, -0.2) is 26.4 Å². The van der Waals surface area contributed by atoms with Gasteiger partial charge in [0.25, 0.3) is 10.0 Å². The minimum atomic E-state index is -3.98. The minimum Gasteiger partial charge on any atom is -0.495 e. The van der Waals surface area contributed by atoms with Gasteiger partial charge in [0, 0.05) is 11.4 Å². The molecule has 3 aromatic rings. The zero-order valence-corrected chi connectivity index (χ0v) is 22.9. The third kappa shape index (κ3) is 6.19. The number of nitrogens with zero attached hydrogens (tertiary/aromatic N) is 1. The first kappa shape index (κ1) is 26.4. The van der Waals surface area contributed by atoms with Gasteiger partial charge < -0.3 is 10.1 Å². The number of aryl methyl sites for hydroxylation is 2. The Bertz CT molecular complexity index is 1370. The fraction of sp³-hybridized carbons (Fsp3) is 0.385. The Labute approximate surface area is 221 Å². The van der Waals surface area contributed by atoms with E-state index in [2.05, 4.69) is 15.0 Å². The van der Waals surface area contributed by atoms with E-state index < -0.39 is 10.0 Å². The van der Waals surface area contributed by atoms with Gasteiger partial charge in [-0.2, -0.15) is 0 Å². The molecule has 7 nitrogen and oxygen atoms in total. The molecule has 4 rings (SSSR count). The van der Waals surface area contributed by atoms with Gasteiger partial charge in [-0.25, -0.2) is 13.4 Å². The summed E-state index contributed by atoms with van der Waals surface area (Å²) in [4.78, 5) is 17.7. The van der Waals surface area contributed by atoms with Crippen LogP contribution >= 0.6 is 22.9 Å². The van der Waals surface area contributed by atoms with Crippen LogP contribution in [0, 0.1) is 19.8 Å². The molecule has 1 aliphatic rings. The van der Waals surface area contributed by atoms with Gasteiger partial charge in [-0.3, -0.25) is 9.52 Å². The Morgan fingerprint density at radius 1 is 1.17 bits per heavy atom. The Balaban J connectivity index is 1.55. The van der Waals surface area contributed by atoms with E-state index in [0.29, 0.717) is 39.4 Å². The molecule has 0 unspecified atom stereocenters. The van der Waals surface area contributed by atoms with Gasteiger partial charge in [0.2, 0.25) is 5.91 Å². The number of carbonyl (C=O) groups excluding carboxylic acids is 1. The highest BCUT2D eigenvalue weighted by molar-refractivity contribution is 7.92. The lowest BCUT2D eigenvalue weighted by Gasteiger charge is -2.13. The molecular weight excluding hydrogens is 518 g/mol. The van der Waals surface area contributed by atoms with Gasteiger partial charge in [-0.05, 0) is 67.6 Å². The fourth-order valence-corrected chi connectivity index (χ4v) is 6.83. The average molecular weight is 548 g/mol. The number of sulfonamides is 1. The van der Waals surface area contributed by atoms with Crippen molar-refractivity contribution in [1.29, 1.82) is 0 Å². The van der Waals surface area contributed by atoms with Gasteiger partial charge in [0.15, 0.2) is 5.13 Å². The molecule has 36 heavy (non-hydrogen) atoms. The number of amides is 1. The second-order valence-corrected chi connectivity index (χ2v) is 12.2. The van der Waals surface area contributed by atoms with Crippen molar-refractivity contribution in [2.45, 2.75) is 57.3 Å². The Morgan fingerprint density at radius 2 is 1.92 bits per heavy atom. The molecule has 1 heterocycles. The summed E-state index contributed by atoms with van der Waals surface area (Å²) < 4.78 is 34.5. The second-order valence-electron chi connectivity index (χ2n) is 9.11. The number of anilines is 2. The largest absolute Gasteiger partial charge is 0.495 e. The second kappa shape index (κ2) is 11.2. The number of methoxy groups -OCH3 is 1. The van der Waals surface area contributed by atoms with Gasteiger partial charge in [0.05, 0.1) is 23.4 Å². The molecule has 0 spiro atoms. The van der Waals surface area contributed by atoms with Crippen molar-refractivity contribution in [3.05, 3.63) is 52.7 Å². The van der Waals surface area contributed by atoms with Gasteiger partial charge in [-0.1, -0.05) is 54.7 Å². The van der Waals surface area contributed by atoms with E-state index in [-0.39, 0.29) is 16.6 Å². The number of hydrogen-bond donors (Lipinski definition) is 2. The maximum atomic E-state index is 13.3. The first-order valence-corrected chi connectivity index (χ1v) is 14.6. The minimum absolute atomic E-state index is 0.00542. The number of halogens is 1. The van der Waals surface area contributed by atoms with Crippen molar-refractivity contribution < 1.29 is 17.9 Å². The molecule has 2 aromatic carbocycles. The predicted octanol–water partition coefficient (Wildman–Crippen LogP) is 6.80. The van der Waals surface area contributed by atoms with Crippen LogP contribution in [0.3, 0.4) is 0 Å². The number of benzene rings is 2. The summed E-state index contributed by atoms with van der Waals surface area (Å²) in [6.07, 6.45) is 6.33. The maximum Gasteiger partial charge on any atom is 0.265 e. The van der Waals surface area contributed by atoms with Crippen LogP contribution in [0.5, 0.6) is 5.75 Å². The number of aromatic nitrogens is 1. The highest BCUT2D eigenvalue weighted by Crippen LogP contribution is 2.37. The SMILES string of the molecule is COc1ccc(-c2sc(NC(=O)CCC3CCCC3)nc2C)cc1S(=O)(=O)Nc1ccc(C)c(Cl)c1. The number of nitrogens with one attached hydrogen (secondary N) is 2. The van der Waals surface area contributed by atoms with E-state index in [1.807, 2.05) is 13.8 Å². The summed E-state index contributed by atoms with van der Waals surface area (Å²) in [6.45, 7) is 3.68. The normalized spacial score (nSPS) is 14.1. The monoisotopic (exact) mass is 547 g/mol. The van der Waals surface area contributed by atoms with E-state index in [4.69, 9.17) is 16.3 Å². The molecule has 1 fully saturated rings.